The highest BCUT2D eigenvalue weighted by molar-refractivity contribution is 7.92. The molecular weight excluding hydrogens is 486 g/mol. The van der Waals surface area contributed by atoms with E-state index < -0.39 is 28.5 Å². The van der Waals surface area contributed by atoms with E-state index in [9.17, 15) is 18.0 Å². The second-order valence-corrected chi connectivity index (χ2v) is 10.9. The van der Waals surface area contributed by atoms with Gasteiger partial charge >= 0.3 is 0 Å². The van der Waals surface area contributed by atoms with E-state index in [1.54, 1.807) is 37.3 Å². The Bertz CT molecular complexity index is 1290. The van der Waals surface area contributed by atoms with E-state index in [-0.39, 0.29) is 17.3 Å². The van der Waals surface area contributed by atoms with Crippen LogP contribution in [0.3, 0.4) is 0 Å². The third-order valence-corrected chi connectivity index (χ3v) is 7.90. The molecule has 2 amide bonds. The number of amides is 2. The molecule has 0 aliphatic carbocycles. The fourth-order valence-electron chi connectivity index (χ4n) is 4.24. The fourth-order valence-corrected chi connectivity index (χ4v) is 5.65. The molecule has 0 saturated carbocycles. The van der Waals surface area contributed by atoms with Gasteiger partial charge in [0.25, 0.3) is 10.0 Å². The summed E-state index contributed by atoms with van der Waals surface area (Å²) in [5.41, 5.74) is 3.19. The van der Waals surface area contributed by atoms with E-state index in [0.717, 1.165) is 21.0 Å². The molecule has 0 fully saturated rings. The summed E-state index contributed by atoms with van der Waals surface area (Å²) in [5.74, 6) is -0.735. The number of hydrogen-bond donors (Lipinski definition) is 1. The molecule has 0 aliphatic rings. The first-order chi connectivity index (χ1) is 17.6. The second kappa shape index (κ2) is 12.5. The van der Waals surface area contributed by atoms with Gasteiger partial charge in [-0.2, -0.15) is 0 Å². The Hall–Kier alpha value is -3.65. The normalized spacial score (nSPS) is 12.0. The monoisotopic (exact) mass is 521 g/mol. The number of nitrogens with one attached hydrogen (secondary N) is 1. The number of carbonyl (C=O) groups is 2. The predicted octanol–water partition coefficient (Wildman–Crippen LogP) is 4.09. The van der Waals surface area contributed by atoms with Crippen molar-refractivity contribution in [3.63, 3.8) is 0 Å². The van der Waals surface area contributed by atoms with Crippen molar-refractivity contribution in [2.75, 3.05) is 23.9 Å². The maximum absolute atomic E-state index is 13.8. The van der Waals surface area contributed by atoms with Gasteiger partial charge in [-0.3, -0.25) is 13.9 Å². The zero-order chi connectivity index (χ0) is 27.0. The van der Waals surface area contributed by atoms with Gasteiger partial charge in [0.2, 0.25) is 11.8 Å². The van der Waals surface area contributed by atoms with Gasteiger partial charge in [0.05, 0.1) is 10.6 Å². The minimum atomic E-state index is -4.05. The van der Waals surface area contributed by atoms with Crippen molar-refractivity contribution in [3.05, 3.63) is 95.6 Å². The highest BCUT2D eigenvalue weighted by atomic mass is 32.2. The van der Waals surface area contributed by atoms with Crippen LogP contribution in [0.4, 0.5) is 5.69 Å². The van der Waals surface area contributed by atoms with E-state index >= 15 is 0 Å². The molecule has 0 heterocycles. The molecule has 0 bridgehead atoms. The van der Waals surface area contributed by atoms with Crippen LogP contribution in [0.25, 0.3) is 0 Å². The number of benzene rings is 3. The smallest absolute Gasteiger partial charge is 0.264 e. The zero-order valence-corrected chi connectivity index (χ0v) is 22.7. The molecule has 1 N–H and O–H groups in total. The highest BCUT2D eigenvalue weighted by Crippen LogP contribution is 2.26. The number of sulfonamides is 1. The Kier molecular flexibility index (Phi) is 9.47. The van der Waals surface area contributed by atoms with Crippen LogP contribution in [0.15, 0.2) is 83.8 Å². The van der Waals surface area contributed by atoms with Crippen molar-refractivity contribution in [1.29, 1.82) is 0 Å². The van der Waals surface area contributed by atoms with Crippen LogP contribution in [0.1, 0.15) is 30.5 Å². The SMILES string of the molecule is CCNC(=O)C(C)N(CCc1ccccc1)C(=O)CN(c1cc(C)cc(C)c1)S(=O)(=O)c1ccccc1. The van der Waals surface area contributed by atoms with Gasteiger partial charge in [0.1, 0.15) is 12.6 Å². The lowest BCUT2D eigenvalue weighted by Crippen LogP contribution is -2.52. The Balaban J connectivity index is 1.99. The van der Waals surface area contributed by atoms with E-state index in [0.29, 0.717) is 18.7 Å². The van der Waals surface area contributed by atoms with Crippen LogP contribution in [-0.2, 0) is 26.0 Å². The molecule has 196 valence electrons. The topological polar surface area (TPSA) is 86.8 Å². The van der Waals surface area contributed by atoms with Crippen LogP contribution in [0, 0.1) is 13.8 Å². The summed E-state index contributed by atoms with van der Waals surface area (Å²) in [4.78, 5) is 28.1. The van der Waals surface area contributed by atoms with Gasteiger partial charge < -0.3 is 10.2 Å². The highest BCUT2D eigenvalue weighted by Gasteiger charge is 2.32. The summed E-state index contributed by atoms with van der Waals surface area (Å²) >= 11 is 0. The summed E-state index contributed by atoms with van der Waals surface area (Å²) < 4.78 is 28.7. The van der Waals surface area contributed by atoms with Crippen LogP contribution in [-0.4, -0.2) is 50.8 Å². The zero-order valence-electron chi connectivity index (χ0n) is 21.8. The van der Waals surface area contributed by atoms with E-state index in [4.69, 9.17) is 0 Å². The molecule has 0 radical (unpaired) electrons. The first-order valence-electron chi connectivity index (χ1n) is 12.4. The molecule has 3 aromatic rings. The largest absolute Gasteiger partial charge is 0.355 e. The summed E-state index contributed by atoms with van der Waals surface area (Å²) in [6.07, 6.45) is 0.533. The third-order valence-electron chi connectivity index (χ3n) is 6.11. The summed E-state index contributed by atoms with van der Waals surface area (Å²) in [5, 5.41) is 2.77. The lowest BCUT2D eigenvalue weighted by Gasteiger charge is -2.32. The number of carbonyl (C=O) groups excluding carboxylic acids is 2. The molecule has 0 spiro atoms. The Labute approximate surface area is 220 Å². The lowest BCUT2D eigenvalue weighted by molar-refractivity contribution is -0.138. The summed E-state index contributed by atoms with van der Waals surface area (Å²) in [6, 6.07) is 22.4. The Morgan fingerprint density at radius 2 is 1.46 bits per heavy atom. The van der Waals surface area contributed by atoms with E-state index in [1.165, 1.54) is 17.0 Å². The first kappa shape index (κ1) is 27.9. The predicted molar refractivity (Wildman–Crippen MR) is 147 cm³/mol. The van der Waals surface area contributed by atoms with Gasteiger partial charge in [0.15, 0.2) is 0 Å². The molecule has 37 heavy (non-hydrogen) atoms. The third kappa shape index (κ3) is 7.20. The van der Waals surface area contributed by atoms with Crippen LogP contribution in [0.2, 0.25) is 0 Å². The fraction of sp³-hybridized carbons (Fsp3) is 0.310. The standard InChI is InChI=1S/C29H35N3O4S/c1-5-30-29(34)24(4)31(17-16-25-12-8-6-9-13-25)28(33)21-32(26-19-22(2)18-23(3)20-26)37(35,36)27-14-10-7-11-15-27/h6-15,18-20,24H,5,16-17,21H2,1-4H3,(H,30,34). The molecule has 0 saturated heterocycles. The van der Waals surface area contributed by atoms with Gasteiger partial charge in [-0.25, -0.2) is 8.42 Å². The van der Waals surface area contributed by atoms with Crippen molar-refractivity contribution in [2.24, 2.45) is 0 Å². The number of rotatable bonds is 11. The van der Waals surface area contributed by atoms with Crippen LogP contribution < -0.4 is 9.62 Å². The molecule has 1 atom stereocenters. The molecular formula is C29H35N3O4S. The molecule has 3 rings (SSSR count). The lowest BCUT2D eigenvalue weighted by atomic mass is 10.1. The first-order valence-corrected chi connectivity index (χ1v) is 13.8. The molecule has 7 nitrogen and oxygen atoms in total. The average Bonchev–Trinajstić information content (AvgIpc) is 2.87. The second-order valence-electron chi connectivity index (χ2n) is 9.06. The summed E-state index contributed by atoms with van der Waals surface area (Å²) in [6.45, 7) is 7.52. The number of hydrogen-bond acceptors (Lipinski definition) is 4. The number of likely N-dealkylation sites (N-methyl/N-ethyl adjacent to an activating group) is 1. The van der Waals surface area contributed by atoms with Crippen molar-refractivity contribution in [2.45, 2.75) is 45.1 Å². The van der Waals surface area contributed by atoms with Crippen molar-refractivity contribution in [1.82, 2.24) is 10.2 Å². The number of nitrogens with zero attached hydrogens (tertiary/aromatic N) is 2. The van der Waals surface area contributed by atoms with Gasteiger partial charge in [0, 0.05) is 13.1 Å². The molecule has 0 aliphatic heterocycles. The van der Waals surface area contributed by atoms with Crippen molar-refractivity contribution < 1.29 is 18.0 Å². The van der Waals surface area contributed by atoms with E-state index in [1.807, 2.05) is 57.2 Å². The van der Waals surface area contributed by atoms with Crippen molar-refractivity contribution in [3.8, 4) is 0 Å². The minimum Gasteiger partial charge on any atom is -0.355 e. The molecule has 0 aromatic heterocycles. The molecule has 8 heteroatoms. The number of anilines is 1. The quantitative estimate of drug-likeness (QED) is 0.412. The number of aryl methyl sites for hydroxylation is 2. The Morgan fingerprint density at radius 3 is 2.03 bits per heavy atom. The van der Waals surface area contributed by atoms with Crippen molar-refractivity contribution >= 4 is 27.5 Å². The van der Waals surface area contributed by atoms with E-state index in [2.05, 4.69) is 5.32 Å². The summed E-state index contributed by atoms with van der Waals surface area (Å²) in [7, 11) is -4.05. The van der Waals surface area contributed by atoms with Gasteiger partial charge in [-0.15, -0.1) is 0 Å². The van der Waals surface area contributed by atoms with Crippen LogP contribution in [0.5, 0.6) is 0 Å². The molecule has 3 aromatic carbocycles. The van der Waals surface area contributed by atoms with Gasteiger partial charge in [-0.1, -0.05) is 54.6 Å². The average molecular weight is 522 g/mol. The maximum Gasteiger partial charge on any atom is 0.264 e. The Morgan fingerprint density at radius 1 is 0.892 bits per heavy atom. The van der Waals surface area contributed by atoms with Gasteiger partial charge in [-0.05, 0) is 75.1 Å². The maximum atomic E-state index is 13.8. The van der Waals surface area contributed by atoms with Crippen LogP contribution >= 0.6 is 0 Å². The minimum absolute atomic E-state index is 0.0922. The molecule has 1 unspecified atom stereocenters.